The molecule has 4 N–H and O–H groups in total. The first-order valence-electron chi connectivity index (χ1n) is 16.5. The van der Waals surface area contributed by atoms with Crippen LogP contribution in [0.4, 0.5) is 8.78 Å². The smallest absolute Gasteiger partial charge is 0.295 e. The molecule has 0 bridgehead atoms. The molecule has 4 rings (SSSR count). The molecule has 1 aromatic carbocycles. The molecule has 0 spiro atoms. The molecule has 2 aromatic rings. The van der Waals surface area contributed by atoms with Crippen molar-refractivity contribution in [1.82, 2.24) is 14.9 Å². The number of hydrogen-bond donors (Lipinski definition) is 3. The summed E-state index contributed by atoms with van der Waals surface area (Å²) in [6, 6.07) is 4.54. The summed E-state index contributed by atoms with van der Waals surface area (Å²) in [4.78, 5) is 42.9. The molecular formula is C34H62F2N4O5. The largest absolute Gasteiger partial charge is 0.497 e. The van der Waals surface area contributed by atoms with Gasteiger partial charge < -0.3 is 25.5 Å². The average molecular weight is 645 g/mol. The Labute approximate surface area is 270 Å². The van der Waals surface area contributed by atoms with Crippen molar-refractivity contribution in [2.24, 2.45) is 17.6 Å². The number of H-pyrrole nitrogens is 1. The normalized spacial score (nSPS) is 16.5. The lowest BCUT2D eigenvalue weighted by molar-refractivity contribution is -0.136. The van der Waals surface area contributed by atoms with Crippen LogP contribution in [0.3, 0.4) is 0 Å². The maximum absolute atomic E-state index is 14.3. The Kier molecular flexibility index (Phi) is 23.9. The molecule has 1 amide bonds. The van der Waals surface area contributed by atoms with Crippen LogP contribution in [-0.4, -0.2) is 65.0 Å². The minimum atomic E-state index is -3.20. The number of carbonyl (C=O) groups excluding carboxylic acids is 2. The highest BCUT2D eigenvalue weighted by atomic mass is 19.3. The Bertz CT molecular complexity index is 1160. The first-order valence-corrected chi connectivity index (χ1v) is 16.5. The van der Waals surface area contributed by atoms with Gasteiger partial charge in [-0.1, -0.05) is 80.6 Å². The van der Waals surface area contributed by atoms with Gasteiger partial charge in [0.15, 0.2) is 11.5 Å². The van der Waals surface area contributed by atoms with E-state index < -0.39 is 17.2 Å². The number of carbonyl (C=O) groups is 2. The third kappa shape index (κ3) is 14.4. The number of ether oxygens (including phenoxy) is 1. The van der Waals surface area contributed by atoms with Gasteiger partial charge in [0.1, 0.15) is 5.75 Å². The SMILES string of the molecule is CC.CC.CC.CCC1CCN(C(=O)CN)[C@@H]1C(C)=O.CO.COc1ccc2nc(C(F)(F)CCCCC3CC3)c(=O)[nH]c2c1.[HH]. The zero-order valence-electron chi connectivity index (χ0n) is 29.3. The number of nitrogens with zero attached hydrogens (tertiary/aromatic N) is 2. The number of aromatic amines is 1. The van der Waals surface area contributed by atoms with Crippen molar-refractivity contribution in [3.8, 4) is 5.75 Å². The van der Waals surface area contributed by atoms with Gasteiger partial charge in [-0.15, -0.1) is 0 Å². The number of benzene rings is 1. The fourth-order valence-electron chi connectivity index (χ4n) is 4.98. The Balaban J connectivity index is -0.000000695. The van der Waals surface area contributed by atoms with Crippen molar-refractivity contribution >= 4 is 22.7 Å². The summed E-state index contributed by atoms with van der Waals surface area (Å²) in [5.41, 5.74) is 4.49. The number of Topliss-reactive ketones (excluding diaryl/α,β-unsaturated/α-hetero) is 1. The van der Waals surface area contributed by atoms with Crippen LogP contribution in [-0.2, 0) is 15.5 Å². The number of rotatable bonds is 10. The third-order valence-electron chi connectivity index (χ3n) is 7.25. The zero-order valence-corrected chi connectivity index (χ0v) is 29.3. The molecule has 1 saturated heterocycles. The predicted molar refractivity (Wildman–Crippen MR) is 182 cm³/mol. The molecule has 2 heterocycles. The number of aromatic nitrogens is 2. The maximum Gasteiger partial charge on any atom is 0.295 e. The Hall–Kier alpha value is -2.92. The third-order valence-corrected chi connectivity index (χ3v) is 7.25. The summed E-state index contributed by atoms with van der Waals surface area (Å²) in [7, 11) is 2.50. The minimum Gasteiger partial charge on any atom is -0.497 e. The topological polar surface area (TPSA) is 139 Å². The van der Waals surface area contributed by atoms with Crippen LogP contribution in [0.2, 0.25) is 0 Å². The number of halogens is 2. The van der Waals surface area contributed by atoms with Crippen LogP contribution >= 0.6 is 0 Å². The number of aliphatic hydroxyl groups is 1. The first kappa shape index (κ1) is 44.2. The molecule has 1 saturated carbocycles. The van der Waals surface area contributed by atoms with E-state index in [9.17, 15) is 23.2 Å². The number of likely N-dealkylation sites (tertiary alicyclic amines) is 1. The van der Waals surface area contributed by atoms with Gasteiger partial charge in [0.05, 0.1) is 30.7 Å². The summed E-state index contributed by atoms with van der Waals surface area (Å²) in [5.74, 6) is -1.64. The molecule has 11 heteroatoms. The number of alkyl halides is 2. The molecule has 1 aliphatic carbocycles. The highest BCUT2D eigenvalue weighted by Crippen LogP contribution is 2.36. The Morgan fingerprint density at radius 2 is 1.71 bits per heavy atom. The van der Waals surface area contributed by atoms with Gasteiger partial charge in [0.2, 0.25) is 5.91 Å². The number of fused-ring (bicyclic) bond motifs is 1. The summed E-state index contributed by atoms with van der Waals surface area (Å²) in [6.45, 7) is 16.3. The molecule has 2 aliphatic rings. The monoisotopic (exact) mass is 644 g/mol. The van der Waals surface area contributed by atoms with Crippen molar-refractivity contribution < 1.29 is 29.6 Å². The van der Waals surface area contributed by atoms with Crippen LogP contribution in [0.1, 0.15) is 114 Å². The molecule has 2 fully saturated rings. The number of amides is 1. The van der Waals surface area contributed by atoms with Crippen molar-refractivity contribution in [2.45, 2.75) is 119 Å². The molecule has 45 heavy (non-hydrogen) atoms. The number of methoxy groups -OCH3 is 1. The van der Waals surface area contributed by atoms with E-state index in [1.54, 1.807) is 30.0 Å². The summed E-state index contributed by atoms with van der Waals surface area (Å²) >= 11 is 0. The van der Waals surface area contributed by atoms with E-state index in [1.165, 1.54) is 20.0 Å². The van der Waals surface area contributed by atoms with Crippen LogP contribution in [0.5, 0.6) is 5.75 Å². The van der Waals surface area contributed by atoms with Crippen LogP contribution < -0.4 is 16.0 Å². The quantitative estimate of drug-likeness (QED) is 0.235. The number of aliphatic hydroxyl groups excluding tert-OH is 1. The van der Waals surface area contributed by atoms with E-state index in [-0.39, 0.29) is 32.1 Å². The molecule has 1 aliphatic heterocycles. The highest BCUT2D eigenvalue weighted by molar-refractivity contribution is 5.89. The van der Waals surface area contributed by atoms with Gasteiger partial charge >= 0.3 is 0 Å². The molecule has 262 valence electrons. The second-order valence-electron chi connectivity index (χ2n) is 9.99. The van der Waals surface area contributed by atoms with Gasteiger partial charge in [-0.3, -0.25) is 14.4 Å². The molecule has 1 aromatic heterocycles. The van der Waals surface area contributed by atoms with E-state index in [4.69, 9.17) is 15.6 Å². The van der Waals surface area contributed by atoms with Gasteiger partial charge in [-0.2, -0.15) is 8.78 Å². The first-order chi connectivity index (χ1) is 21.6. The van der Waals surface area contributed by atoms with Gasteiger partial charge in [0.25, 0.3) is 11.5 Å². The van der Waals surface area contributed by atoms with E-state index in [1.807, 2.05) is 41.5 Å². The second-order valence-corrected chi connectivity index (χ2v) is 9.99. The zero-order chi connectivity index (χ0) is 35.2. The maximum atomic E-state index is 14.3. The van der Waals surface area contributed by atoms with Crippen LogP contribution in [0.15, 0.2) is 23.0 Å². The van der Waals surface area contributed by atoms with Gasteiger partial charge in [-0.05, 0) is 43.7 Å². The Morgan fingerprint density at radius 3 is 2.20 bits per heavy atom. The second kappa shape index (κ2) is 24.3. The standard InChI is InChI=1S/C17H20F2N2O2.C10H18N2O2.3C2H6.CH4O.H2/c1-23-12-7-8-13-14(10-12)21-16(22)15(20-13)17(18,19)9-3-2-4-11-5-6-11;1-3-8-4-5-12(9(14)6-11)10(8)7(2)13;4*1-2;/h7-8,10-11H,2-6,9H2,1H3,(H,21,22);8,10H,3-6,11H2,1-2H3;3*1-2H3;2H,1H3;1H/t;8?,10-;;;;;/m.1...../s1. The van der Waals surface area contributed by atoms with E-state index >= 15 is 0 Å². The summed E-state index contributed by atoms with van der Waals surface area (Å²) in [5, 5.41) is 7.00. The highest BCUT2D eigenvalue weighted by Gasteiger charge is 2.38. The fraction of sp³-hybridized carbons (Fsp3) is 0.706. The van der Waals surface area contributed by atoms with Crippen LogP contribution in [0.25, 0.3) is 11.0 Å². The predicted octanol–water partition coefficient (Wildman–Crippen LogP) is 7.09. The van der Waals surface area contributed by atoms with Crippen molar-refractivity contribution in [3.63, 3.8) is 0 Å². The molecule has 1 unspecified atom stereocenters. The lowest BCUT2D eigenvalue weighted by Crippen LogP contribution is -2.44. The van der Waals surface area contributed by atoms with Gasteiger partial charge in [-0.25, -0.2) is 4.98 Å². The lowest BCUT2D eigenvalue weighted by Gasteiger charge is -2.25. The molecule has 9 nitrogen and oxygen atoms in total. The number of nitrogens with two attached hydrogens (primary N) is 1. The molecule has 2 atom stereocenters. The molecule has 0 radical (unpaired) electrons. The van der Waals surface area contributed by atoms with Crippen molar-refractivity contribution in [3.05, 3.63) is 34.2 Å². The van der Waals surface area contributed by atoms with E-state index in [0.29, 0.717) is 35.7 Å². The van der Waals surface area contributed by atoms with Crippen LogP contribution in [0, 0.1) is 11.8 Å². The molecular weight excluding hydrogens is 582 g/mol. The summed E-state index contributed by atoms with van der Waals surface area (Å²) in [6.07, 6.45) is 6.19. The number of unbranched alkanes of at least 4 members (excludes halogenated alkanes) is 1. The lowest BCUT2D eigenvalue weighted by atomic mass is 9.95. The van der Waals surface area contributed by atoms with E-state index in [0.717, 1.165) is 38.7 Å². The Morgan fingerprint density at radius 1 is 1.11 bits per heavy atom. The average Bonchev–Trinajstić information content (AvgIpc) is 3.80. The van der Waals surface area contributed by atoms with Crippen molar-refractivity contribution in [2.75, 3.05) is 27.3 Å². The fourth-order valence-corrected chi connectivity index (χ4v) is 4.98. The van der Waals surface area contributed by atoms with E-state index in [2.05, 4.69) is 16.9 Å². The number of hydrogen-bond acceptors (Lipinski definition) is 7. The van der Waals surface area contributed by atoms with Crippen molar-refractivity contribution in [1.29, 1.82) is 0 Å². The summed E-state index contributed by atoms with van der Waals surface area (Å²) < 4.78 is 33.7. The minimum absolute atomic E-state index is 0. The number of nitrogens with one attached hydrogen (secondary N) is 1. The van der Waals surface area contributed by atoms with Gasteiger partial charge in [0, 0.05) is 27.6 Å². The number of ketones is 1.